The molecule has 0 aliphatic heterocycles. The van der Waals surface area contributed by atoms with Gasteiger partial charge in [0.1, 0.15) is 5.82 Å². The van der Waals surface area contributed by atoms with E-state index in [2.05, 4.69) is 4.98 Å². The lowest BCUT2D eigenvalue weighted by atomic mass is 10.1. The number of rotatable bonds is 5. The van der Waals surface area contributed by atoms with Crippen LogP contribution >= 0.6 is 0 Å². The zero-order valence-corrected chi connectivity index (χ0v) is 16.1. The maximum Gasteiger partial charge on any atom is 0.457 e. The van der Waals surface area contributed by atoms with E-state index in [-0.39, 0.29) is 17.1 Å². The Kier molecular flexibility index (Phi) is 6.09. The fraction of sp³-hybridized carbons (Fsp3) is 0.353. The van der Waals surface area contributed by atoms with Crippen LogP contribution in [0, 0.1) is 0 Å². The van der Waals surface area contributed by atoms with Crippen molar-refractivity contribution in [2.75, 3.05) is 5.75 Å². The second kappa shape index (κ2) is 7.67. The van der Waals surface area contributed by atoms with Crippen LogP contribution in [0.3, 0.4) is 0 Å². The predicted molar refractivity (Wildman–Crippen MR) is 91.4 cm³/mol. The van der Waals surface area contributed by atoms with Crippen molar-refractivity contribution >= 4 is 15.9 Å². The summed E-state index contributed by atoms with van der Waals surface area (Å²) in [5.41, 5.74) is -1.74. The van der Waals surface area contributed by atoms with E-state index < -0.39 is 50.4 Å². The van der Waals surface area contributed by atoms with Gasteiger partial charge in [-0.05, 0) is 30.4 Å². The smallest absolute Gasteiger partial charge is 0.328 e. The van der Waals surface area contributed by atoms with Gasteiger partial charge in [-0.1, -0.05) is 6.92 Å². The van der Waals surface area contributed by atoms with Gasteiger partial charge >= 0.3 is 18.3 Å². The molecule has 30 heavy (non-hydrogen) atoms. The van der Waals surface area contributed by atoms with Crippen LogP contribution in [-0.2, 0) is 23.1 Å². The molecule has 0 fully saturated rings. The second-order valence-corrected chi connectivity index (χ2v) is 8.38. The third-order valence-electron chi connectivity index (χ3n) is 4.13. The summed E-state index contributed by atoms with van der Waals surface area (Å²) in [7, 11) is -2.97. The molecule has 2 aromatic rings. The molecule has 0 saturated carbocycles. The van der Waals surface area contributed by atoms with Gasteiger partial charge in [0.2, 0.25) is 0 Å². The minimum absolute atomic E-state index is 0.231. The third-order valence-corrected chi connectivity index (χ3v) is 5.90. The molecule has 0 spiro atoms. The average molecular weight is 462 g/mol. The van der Waals surface area contributed by atoms with E-state index in [0.717, 1.165) is 16.8 Å². The van der Waals surface area contributed by atoms with Crippen molar-refractivity contribution in [3.05, 3.63) is 41.7 Å². The molecule has 4 nitrogen and oxygen atoms in total. The van der Waals surface area contributed by atoms with E-state index in [9.17, 15) is 43.5 Å². The SMILES string of the molecule is CCS(=O)(=O)c1cc(C(F)(F)F)ccc1-c1ncc(C=CC(F)(F)C(F)(F)F)n1C. The van der Waals surface area contributed by atoms with Crippen molar-refractivity contribution in [2.24, 2.45) is 7.05 Å². The Bertz CT molecular complexity index is 1070. The molecule has 0 bridgehead atoms. The van der Waals surface area contributed by atoms with Gasteiger partial charge in [-0.15, -0.1) is 0 Å². The van der Waals surface area contributed by atoms with Gasteiger partial charge in [0.25, 0.3) is 0 Å². The maximum absolute atomic E-state index is 13.1. The molecule has 2 rings (SSSR count). The van der Waals surface area contributed by atoms with Crippen LogP contribution in [0.2, 0.25) is 0 Å². The van der Waals surface area contributed by atoms with E-state index >= 15 is 0 Å². The van der Waals surface area contributed by atoms with Crippen molar-refractivity contribution in [2.45, 2.75) is 30.1 Å². The van der Waals surface area contributed by atoms with E-state index in [1.807, 2.05) is 0 Å². The number of sulfone groups is 1. The number of aromatic nitrogens is 2. The van der Waals surface area contributed by atoms with Crippen molar-refractivity contribution in [1.82, 2.24) is 9.55 Å². The largest absolute Gasteiger partial charge is 0.457 e. The summed E-state index contributed by atoms with van der Waals surface area (Å²) in [6.07, 6.45) is -9.72. The minimum atomic E-state index is -5.82. The highest BCUT2D eigenvalue weighted by atomic mass is 32.2. The Balaban J connectivity index is 2.61. The topological polar surface area (TPSA) is 52.0 Å². The number of halogens is 8. The Morgan fingerprint density at radius 3 is 2.17 bits per heavy atom. The monoisotopic (exact) mass is 462 g/mol. The lowest BCUT2D eigenvalue weighted by molar-refractivity contribution is -0.258. The number of benzene rings is 1. The molecule has 1 aromatic heterocycles. The summed E-state index contributed by atoms with van der Waals surface area (Å²) in [5, 5.41) is 0. The molecule has 0 atom stereocenters. The molecule has 0 amide bonds. The Morgan fingerprint density at radius 2 is 1.67 bits per heavy atom. The molecule has 0 radical (unpaired) electrons. The molecular weight excluding hydrogens is 448 g/mol. The van der Waals surface area contributed by atoms with Crippen LogP contribution in [0.1, 0.15) is 18.2 Å². The van der Waals surface area contributed by atoms with Crippen LogP contribution in [0.15, 0.2) is 35.4 Å². The molecule has 0 unspecified atom stereocenters. The lowest BCUT2D eigenvalue weighted by Crippen LogP contribution is -2.33. The number of alkyl halides is 8. The molecule has 0 N–H and O–H groups in total. The highest BCUT2D eigenvalue weighted by Gasteiger charge is 2.55. The van der Waals surface area contributed by atoms with Crippen molar-refractivity contribution in [3.63, 3.8) is 0 Å². The summed E-state index contributed by atoms with van der Waals surface area (Å²) in [6, 6.07) is 1.90. The molecular formula is C17H14F8N2O2S. The fourth-order valence-electron chi connectivity index (χ4n) is 2.41. The van der Waals surface area contributed by atoms with Crippen LogP contribution in [0.5, 0.6) is 0 Å². The van der Waals surface area contributed by atoms with Crippen molar-refractivity contribution in [3.8, 4) is 11.4 Å². The van der Waals surface area contributed by atoms with Crippen molar-refractivity contribution in [1.29, 1.82) is 0 Å². The summed E-state index contributed by atoms with van der Waals surface area (Å²) < 4.78 is 128. The van der Waals surface area contributed by atoms with Gasteiger partial charge in [-0.2, -0.15) is 35.1 Å². The second-order valence-electron chi connectivity index (χ2n) is 6.13. The van der Waals surface area contributed by atoms with E-state index in [4.69, 9.17) is 0 Å². The quantitative estimate of drug-likeness (QED) is 0.581. The van der Waals surface area contributed by atoms with Gasteiger partial charge in [0.05, 0.1) is 28.1 Å². The first kappa shape index (κ1) is 23.8. The average Bonchev–Trinajstić information content (AvgIpc) is 2.98. The zero-order chi connectivity index (χ0) is 23.1. The highest BCUT2D eigenvalue weighted by Crippen LogP contribution is 2.38. The van der Waals surface area contributed by atoms with Crippen LogP contribution < -0.4 is 0 Å². The normalized spacial score (nSPS) is 13.9. The fourth-order valence-corrected chi connectivity index (χ4v) is 3.52. The number of allylic oxidation sites excluding steroid dienone is 1. The first-order chi connectivity index (χ1) is 13.5. The predicted octanol–water partition coefficient (Wildman–Crippen LogP) is 5.11. The number of nitrogens with zero attached hydrogens (tertiary/aromatic N) is 2. The standard InChI is InChI=1S/C17H14F8N2O2S/c1-3-30(28,29)13-8-10(16(20,21)22)4-5-12(13)14-26-9-11(27(14)2)6-7-15(18,19)17(23,24)25/h4-9H,3H2,1-2H3. The molecule has 0 aliphatic carbocycles. The van der Waals surface area contributed by atoms with Gasteiger partial charge in [-0.3, -0.25) is 0 Å². The van der Waals surface area contributed by atoms with Crippen LogP contribution in [-0.4, -0.2) is 35.8 Å². The highest BCUT2D eigenvalue weighted by molar-refractivity contribution is 7.91. The molecule has 166 valence electrons. The molecule has 0 aliphatic rings. The lowest BCUT2D eigenvalue weighted by Gasteiger charge is -2.15. The summed E-state index contributed by atoms with van der Waals surface area (Å²) in [5.74, 6) is -5.88. The third kappa shape index (κ3) is 4.65. The van der Waals surface area contributed by atoms with Crippen molar-refractivity contribution < 1.29 is 43.5 Å². The van der Waals surface area contributed by atoms with Gasteiger partial charge in [0.15, 0.2) is 9.84 Å². The van der Waals surface area contributed by atoms with Gasteiger partial charge in [0, 0.05) is 12.6 Å². The number of hydrogen-bond acceptors (Lipinski definition) is 3. The molecule has 0 saturated heterocycles. The zero-order valence-electron chi connectivity index (χ0n) is 15.3. The molecule has 1 heterocycles. The minimum Gasteiger partial charge on any atom is -0.328 e. The Hall–Kier alpha value is -2.44. The first-order valence-corrected chi connectivity index (χ1v) is 9.76. The Morgan fingerprint density at radius 1 is 1.07 bits per heavy atom. The Labute approximate surface area is 165 Å². The summed E-state index contributed by atoms with van der Waals surface area (Å²) in [4.78, 5) is 3.10. The first-order valence-electron chi connectivity index (χ1n) is 8.11. The van der Waals surface area contributed by atoms with Crippen LogP contribution in [0.25, 0.3) is 17.5 Å². The van der Waals surface area contributed by atoms with E-state index in [1.54, 1.807) is 0 Å². The van der Waals surface area contributed by atoms with Gasteiger partial charge in [-0.25, -0.2) is 13.4 Å². The van der Waals surface area contributed by atoms with E-state index in [1.165, 1.54) is 14.0 Å². The van der Waals surface area contributed by atoms with E-state index in [0.29, 0.717) is 18.2 Å². The van der Waals surface area contributed by atoms with Gasteiger partial charge < -0.3 is 4.57 Å². The number of hydrogen-bond donors (Lipinski definition) is 0. The summed E-state index contributed by atoms with van der Waals surface area (Å²) >= 11 is 0. The molecule has 13 heteroatoms. The van der Waals surface area contributed by atoms with Crippen LogP contribution in [0.4, 0.5) is 35.1 Å². The molecule has 1 aromatic carbocycles. The maximum atomic E-state index is 13.1. The summed E-state index contributed by atoms with van der Waals surface area (Å²) in [6.45, 7) is 1.21. The number of imidazole rings is 1.